The average Bonchev–Trinajstić information content (AvgIpc) is 3.39. The number of nitrogens with one attached hydrogen (secondary N) is 2. The van der Waals surface area contributed by atoms with Crippen LogP contribution in [-0.4, -0.2) is 41.5 Å². The molecular formula is C27H30ClFN4O2S. The van der Waals surface area contributed by atoms with Crippen LogP contribution in [0.4, 0.5) is 14.9 Å². The molecule has 4 rings (SSSR count). The molecule has 2 heterocycles. The summed E-state index contributed by atoms with van der Waals surface area (Å²) in [7, 11) is 0. The number of piperidine rings is 1. The summed E-state index contributed by atoms with van der Waals surface area (Å²) in [5, 5.41) is 9.11. The summed E-state index contributed by atoms with van der Waals surface area (Å²) in [6.45, 7) is 4.20. The minimum atomic E-state index is -0.394. The Morgan fingerprint density at radius 3 is 2.61 bits per heavy atom. The van der Waals surface area contributed by atoms with E-state index in [2.05, 4.69) is 22.5 Å². The quantitative estimate of drug-likeness (QED) is 0.311. The number of hydrogen-bond donors (Lipinski definition) is 2. The number of anilines is 1. The molecule has 0 unspecified atom stereocenters. The number of urea groups is 1. The molecule has 190 valence electrons. The summed E-state index contributed by atoms with van der Waals surface area (Å²) in [6.07, 6.45) is 4.88. The van der Waals surface area contributed by atoms with Crippen LogP contribution in [0.5, 0.6) is 0 Å². The molecule has 1 fully saturated rings. The van der Waals surface area contributed by atoms with Crippen LogP contribution in [0.15, 0.2) is 47.8 Å². The third-order valence-electron chi connectivity index (χ3n) is 6.33. The molecular weight excluding hydrogens is 499 g/mol. The number of hydrogen-bond acceptors (Lipinski definition) is 4. The first-order chi connectivity index (χ1) is 17.4. The van der Waals surface area contributed by atoms with Gasteiger partial charge in [-0.2, -0.15) is 0 Å². The smallest absolute Gasteiger partial charge is 0.317 e. The first-order valence-electron chi connectivity index (χ1n) is 12.3. The lowest BCUT2D eigenvalue weighted by Crippen LogP contribution is -2.44. The molecule has 9 heteroatoms. The molecule has 36 heavy (non-hydrogen) atoms. The molecule has 1 aliphatic heterocycles. The van der Waals surface area contributed by atoms with Crippen LogP contribution in [0, 0.1) is 5.82 Å². The molecule has 0 saturated carbocycles. The molecule has 0 radical (unpaired) electrons. The Balaban J connectivity index is 1.36. The molecule has 3 aromatic rings. The zero-order chi connectivity index (χ0) is 25.5. The van der Waals surface area contributed by atoms with E-state index in [0.29, 0.717) is 41.6 Å². The molecule has 0 atom stereocenters. The molecule has 2 aromatic carbocycles. The van der Waals surface area contributed by atoms with Crippen LogP contribution >= 0.6 is 22.9 Å². The number of aromatic nitrogens is 1. The maximum absolute atomic E-state index is 14.0. The lowest BCUT2D eigenvalue weighted by Gasteiger charge is -2.31. The van der Waals surface area contributed by atoms with Gasteiger partial charge in [-0.25, -0.2) is 14.2 Å². The molecule has 0 aliphatic carbocycles. The van der Waals surface area contributed by atoms with Crippen molar-refractivity contribution in [1.82, 2.24) is 15.2 Å². The average molecular weight is 529 g/mol. The monoisotopic (exact) mass is 528 g/mol. The summed E-state index contributed by atoms with van der Waals surface area (Å²) in [5.74, 6) is -0.519. The predicted molar refractivity (Wildman–Crippen MR) is 143 cm³/mol. The fourth-order valence-corrected chi connectivity index (χ4v) is 5.37. The second-order valence-corrected chi connectivity index (χ2v) is 10.2. The third kappa shape index (κ3) is 6.62. The molecule has 1 aliphatic rings. The van der Waals surface area contributed by atoms with E-state index in [4.69, 9.17) is 11.6 Å². The van der Waals surface area contributed by atoms with Crippen molar-refractivity contribution in [3.05, 3.63) is 69.4 Å². The van der Waals surface area contributed by atoms with E-state index in [-0.39, 0.29) is 17.9 Å². The number of halogens is 2. The third-order valence-corrected chi connectivity index (χ3v) is 7.59. The van der Waals surface area contributed by atoms with Gasteiger partial charge in [-0.15, -0.1) is 11.3 Å². The molecule has 1 aromatic heterocycles. The minimum absolute atomic E-state index is 0.000418. The van der Waals surface area contributed by atoms with Crippen molar-refractivity contribution in [2.24, 2.45) is 0 Å². The number of benzene rings is 2. The minimum Gasteiger partial charge on any atom is -0.338 e. The molecule has 1 saturated heterocycles. The Kier molecular flexibility index (Phi) is 8.93. The van der Waals surface area contributed by atoms with Crippen LogP contribution in [-0.2, 0) is 0 Å². The summed E-state index contributed by atoms with van der Waals surface area (Å²) in [4.78, 5) is 31.8. The van der Waals surface area contributed by atoms with Crippen molar-refractivity contribution in [1.29, 1.82) is 0 Å². The first kappa shape index (κ1) is 26.1. The van der Waals surface area contributed by atoms with Gasteiger partial charge in [-0.05, 0) is 55.2 Å². The van der Waals surface area contributed by atoms with Gasteiger partial charge in [0.25, 0.3) is 5.91 Å². The Bertz CT molecular complexity index is 1190. The topological polar surface area (TPSA) is 74.3 Å². The van der Waals surface area contributed by atoms with E-state index >= 15 is 0 Å². The fraction of sp³-hybridized carbons (Fsp3) is 0.370. The van der Waals surface area contributed by atoms with Crippen LogP contribution < -0.4 is 10.6 Å². The number of thiazole rings is 1. The van der Waals surface area contributed by atoms with Crippen LogP contribution in [0.1, 0.15) is 60.4 Å². The SMILES string of the molecule is CCCCCNC(=O)N1CCC(c2nc(C(=O)Nc3ccc(F)cc3-c3ccc(Cl)cc3)cs2)CC1. The Labute approximate surface area is 219 Å². The highest BCUT2D eigenvalue weighted by molar-refractivity contribution is 7.10. The van der Waals surface area contributed by atoms with Gasteiger partial charge >= 0.3 is 6.03 Å². The highest BCUT2D eigenvalue weighted by Gasteiger charge is 2.26. The van der Waals surface area contributed by atoms with Gasteiger partial charge in [0, 0.05) is 47.2 Å². The van der Waals surface area contributed by atoms with Crippen molar-refractivity contribution < 1.29 is 14.0 Å². The second-order valence-electron chi connectivity index (χ2n) is 8.92. The van der Waals surface area contributed by atoms with Gasteiger partial charge in [0.15, 0.2) is 0 Å². The lowest BCUT2D eigenvalue weighted by atomic mass is 9.98. The highest BCUT2D eigenvalue weighted by atomic mass is 35.5. The number of likely N-dealkylation sites (tertiary alicyclic amines) is 1. The van der Waals surface area contributed by atoms with E-state index < -0.39 is 5.82 Å². The van der Waals surface area contributed by atoms with Crippen LogP contribution in [0.25, 0.3) is 11.1 Å². The van der Waals surface area contributed by atoms with Crippen molar-refractivity contribution in [3.63, 3.8) is 0 Å². The summed E-state index contributed by atoms with van der Waals surface area (Å²) in [6, 6.07) is 11.3. The maximum Gasteiger partial charge on any atom is 0.317 e. The Hall–Kier alpha value is -2.97. The highest BCUT2D eigenvalue weighted by Crippen LogP contribution is 2.32. The van der Waals surface area contributed by atoms with Gasteiger partial charge in [-0.1, -0.05) is 43.5 Å². The molecule has 0 spiro atoms. The first-order valence-corrected chi connectivity index (χ1v) is 13.6. The second kappa shape index (κ2) is 12.3. The fourth-order valence-electron chi connectivity index (χ4n) is 4.27. The Morgan fingerprint density at radius 1 is 1.14 bits per heavy atom. The number of carbonyl (C=O) groups excluding carboxylic acids is 2. The standard InChI is InChI=1S/C27H30ClFN4O2S/c1-2-3-4-13-30-27(35)33-14-11-19(12-15-33)26-32-24(17-36-26)25(34)31-23-10-9-21(29)16-22(23)18-5-7-20(28)8-6-18/h5-10,16-17,19H,2-4,11-15H2,1H3,(H,30,35)(H,31,34). The van der Waals surface area contributed by atoms with E-state index in [0.717, 1.165) is 42.7 Å². The van der Waals surface area contributed by atoms with E-state index in [1.54, 1.807) is 35.7 Å². The van der Waals surface area contributed by atoms with Crippen molar-refractivity contribution in [2.45, 2.75) is 44.9 Å². The molecule has 6 nitrogen and oxygen atoms in total. The van der Waals surface area contributed by atoms with Gasteiger partial charge < -0.3 is 15.5 Å². The van der Waals surface area contributed by atoms with Gasteiger partial charge in [0.1, 0.15) is 11.5 Å². The van der Waals surface area contributed by atoms with Gasteiger partial charge in [0.05, 0.1) is 5.01 Å². The zero-order valence-electron chi connectivity index (χ0n) is 20.2. The number of unbranched alkanes of at least 4 members (excludes halogenated alkanes) is 2. The van der Waals surface area contributed by atoms with Crippen molar-refractivity contribution in [3.8, 4) is 11.1 Å². The van der Waals surface area contributed by atoms with Gasteiger partial charge in [0.2, 0.25) is 0 Å². The van der Waals surface area contributed by atoms with E-state index in [9.17, 15) is 14.0 Å². The molecule has 0 bridgehead atoms. The largest absolute Gasteiger partial charge is 0.338 e. The summed E-state index contributed by atoms with van der Waals surface area (Å²) < 4.78 is 14.0. The van der Waals surface area contributed by atoms with Crippen LogP contribution in [0.3, 0.4) is 0 Å². The normalized spacial score (nSPS) is 14.0. The molecule has 3 amide bonds. The van der Waals surface area contributed by atoms with Gasteiger partial charge in [-0.3, -0.25) is 4.79 Å². The number of nitrogens with zero attached hydrogens (tertiary/aromatic N) is 2. The number of amides is 3. The predicted octanol–water partition coefficient (Wildman–Crippen LogP) is 6.93. The zero-order valence-corrected chi connectivity index (χ0v) is 21.8. The molecule has 2 N–H and O–H groups in total. The summed E-state index contributed by atoms with van der Waals surface area (Å²) >= 11 is 7.44. The van der Waals surface area contributed by atoms with E-state index in [1.165, 1.54) is 23.5 Å². The Morgan fingerprint density at radius 2 is 1.89 bits per heavy atom. The van der Waals surface area contributed by atoms with Crippen LogP contribution in [0.2, 0.25) is 5.02 Å². The van der Waals surface area contributed by atoms with Crippen molar-refractivity contribution in [2.75, 3.05) is 25.0 Å². The van der Waals surface area contributed by atoms with Crippen molar-refractivity contribution >= 4 is 40.6 Å². The maximum atomic E-state index is 14.0. The van der Waals surface area contributed by atoms with E-state index in [1.807, 2.05) is 4.90 Å². The number of carbonyl (C=O) groups is 2. The number of rotatable bonds is 8. The summed E-state index contributed by atoms with van der Waals surface area (Å²) in [5.41, 5.74) is 2.14. The lowest BCUT2D eigenvalue weighted by molar-refractivity contribution is 0.102.